The van der Waals surface area contributed by atoms with E-state index in [1.54, 1.807) is 0 Å². The second-order valence-electron chi connectivity index (χ2n) is 5.81. The number of allylic oxidation sites excluding steroid dienone is 1. The van der Waals surface area contributed by atoms with Gasteiger partial charge in [-0.15, -0.1) is 0 Å². The van der Waals surface area contributed by atoms with Crippen molar-refractivity contribution < 1.29 is 9.59 Å². The minimum Gasteiger partial charge on any atom is -0.303 e. The van der Waals surface area contributed by atoms with Crippen LogP contribution in [0.4, 0.5) is 0 Å². The van der Waals surface area contributed by atoms with E-state index in [1.807, 2.05) is 0 Å². The van der Waals surface area contributed by atoms with Crippen molar-refractivity contribution in [1.29, 1.82) is 0 Å². The Kier molecular flexibility index (Phi) is 7.69. The van der Waals surface area contributed by atoms with Gasteiger partial charge in [0.05, 0.1) is 0 Å². The molecule has 2 heteroatoms. The molecule has 0 radical (unpaired) electrons. The summed E-state index contributed by atoms with van der Waals surface area (Å²) in [4.78, 5) is 22.4. The molecule has 0 spiro atoms. The zero-order valence-corrected chi connectivity index (χ0v) is 12.3. The number of rotatable bonds is 10. The molecule has 1 saturated carbocycles. The van der Waals surface area contributed by atoms with Crippen LogP contribution >= 0.6 is 0 Å². The number of carbonyl (C=O) groups is 2. The Morgan fingerprint density at radius 3 is 2.74 bits per heavy atom. The Bertz CT molecular complexity index is 306. The Morgan fingerprint density at radius 1 is 1.32 bits per heavy atom. The minimum atomic E-state index is 0.0473. The van der Waals surface area contributed by atoms with Gasteiger partial charge in [-0.3, -0.25) is 4.79 Å². The van der Waals surface area contributed by atoms with Gasteiger partial charge in [-0.1, -0.05) is 51.2 Å². The van der Waals surface area contributed by atoms with Gasteiger partial charge in [0, 0.05) is 18.8 Å². The highest BCUT2D eigenvalue weighted by Gasteiger charge is 2.35. The molecule has 0 saturated heterocycles. The summed E-state index contributed by atoms with van der Waals surface area (Å²) in [5, 5.41) is 0. The van der Waals surface area contributed by atoms with E-state index in [4.69, 9.17) is 0 Å². The van der Waals surface area contributed by atoms with Crippen molar-refractivity contribution in [2.75, 3.05) is 0 Å². The largest absolute Gasteiger partial charge is 0.303 e. The molecule has 0 N–H and O–H groups in total. The lowest BCUT2D eigenvalue weighted by Gasteiger charge is -2.20. The number of hydrogen-bond donors (Lipinski definition) is 0. The van der Waals surface area contributed by atoms with E-state index in [-0.39, 0.29) is 5.92 Å². The van der Waals surface area contributed by atoms with E-state index in [0.29, 0.717) is 31.0 Å². The fourth-order valence-corrected chi connectivity index (χ4v) is 3.19. The number of carbonyl (C=O) groups excluding carboxylic acids is 2. The molecule has 2 nitrogen and oxygen atoms in total. The predicted molar refractivity (Wildman–Crippen MR) is 79.0 cm³/mol. The second kappa shape index (κ2) is 9.06. The van der Waals surface area contributed by atoms with Gasteiger partial charge < -0.3 is 4.79 Å². The Hall–Kier alpha value is -0.920. The van der Waals surface area contributed by atoms with Crippen LogP contribution < -0.4 is 0 Å². The molecule has 2 atom stereocenters. The maximum absolute atomic E-state index is 12.0. The van der Waals surface area contributed by atoms with Crippen molar-refractivity contribution >= 4 is 12.1 Å². The molecule has 1 aliphatic rings. The van der Waals surface area contributed by atoms with E-state index in [9.17, 15) is 9.59 Å². The van der Waals surface area contributed by atoms with Crippen LogP contribution in [0.3, 0.4) is 0 Å². The van der Waals surface area contributed by atoms with Gasteiger partial charge in [0.25, 0.3) is 0 Å². The Morgan fingerprint density at radius 2 is 2.05 bits per heavy atom. The molecule has 19 heavy (non-hydrogen) atoms. The monoisotopic (exact) mass is 264 g/mol. The average Bonchev–Trinajstić information content (AvgIpc) is 2.77. The highest BCUT2D eigenvalue weighted by Crippen LogP contribution is 2.38. The number of hydrogen-bond acceptors (Lipinski definition) is 2. The molecule has 0 aromatic carbocycles. The van der Waals surface area contributed by atoms with Crippen LogP contribution in [0.5, 0.6) is 0 Å². The zero-order valence-electron chi connectivity index (χ0n) is 12.3. The molecular weight excluding hydrogens is 236 g/mol. The molecule has 0 bridgehead atoms. The van der Waals surface area contributed by atoms with Crippen LogP contribution in [0.2, 0.25) is 0 Å². The van der Waals surface area contributed by atoms with Crippen molar-refractivity contribution in [3.63, 3.8) is 0 Å². The molecule has 0 unspecified atom stereocenters. The standard InChI is InChI=1S/C17H28O2/c1-3-4-5-6-7-10-15-11-12-16(19)17(15)14(2)9-8-13-18/h13,15,17H,2-12H2,1H3/t15-,17+/m0/s1. The van der Waals surface area contributed by atoms with Crippen molar-refractivity contribution in [3.8, 4) is 0 Å². The number of Topliss-reactive ketones (excluding diaryl/α,β-unsaturated/α-hetero) is 1. The summed E-state index contributed by atoms with van der Waals surface area (Å²) in [5.41, 5.74) is 0.994. The van der Waals surface area contributed by atoms with Gasteiger partial charge in [-0.2, -0.15) is 0 Å². The summed E-state index contributed by atoms with van der Waals surface area (Å²) in [6.45, 7) is 6.28. The maximum Gasteiger partial charge on any atom is 0.140 e. The van der Waals surface area contributed by atoms with Gasteiger partial charge in [-0.25, -0.2) is 0 Å². The summed E-state index contributed by atoms with van der Waals surface area (Å²) in [6, 6.07) is 0. The molecule has 0 aromatic rings. The summed E-state index contributed by atoms with van der Waals surface area (Å²) in [5.74, 6) is 0.897. The van der Waals surface area contributed by atoms with E-state index < -0.39 is 0 Å². The van der Waals surface area contributed by atoms with Crippen LogP contribution in [0.15, 0.2) is 12.2 Å². The highest BCUT2D eigenvalue weighted by atomic mass is 16.1. The first-order valence-corrected chi connectivity index (χ1v) is 7.84. The molecule has 0 aliphatic heterocycles. The summed E-state index contributed by atoms with van der Waals surface area (Å²) < 4.78 is 0. The molecule has 0 heterocycles. The van der Waals surface area contributed by atoms with E-state index in [0.717, 1.165) is 24.7 Å². The minimum absolute atomic E-state index is 0.0473. The third kappa shape index (κ3) is 5.30. The lowest BCUT2D eigenvalue weighted by Crippen LogP contribution is -2.17. The summed E-state index contributed by atoms with van der Waals surface area (Å²) in [6.07, 6.45) is 11.4. The molecule has 0 aromatic heterocycles. The molecule has 0 amide bonds. The first-order valence-electron chi connectivity index (χ1n) is 7.84. The molecular formula is C17H28O2. The first-order chi connectivity index (χ1) is 9.20. The Labute approximate surface area is 117 Å². The normalized spacial score (nSPS) is 22.7. The molecule has 1 aliphatic carbocycles. The third-order valence-electron chi connectivity index (χ3n) is 4.28. The van der Waals surface area contributed by atoms with Crippen LogP contribution in [-0.2, 0) is 9.59 Å². The fraction of sp³-hybridized carbons (Fsp3) is 0.765. The van der Waals surface area contributed by atoms with Gasteiger partial charge in [0.1, 0.15) is 12.1 Å². The topological polar surface area (TPSA) is 34.1 Å². The quantitative estimate of drug-likeness (QED) is 0.331. The smallest absolute Gasteiger partial charge is 0.140 e. The van der Waals surface area contributed by atoms with Crippen LogP contribution in [0.1, 0.15) is 71.1 Å². The van der Waals surface area contributed by atoms with Gasteiger partial charge in [0.2, 0.25) is 0 Å². The zero-order chi connectivity index (χ0) is 14.1. The Balaban J connectivity index is 2.36. The average molecular weight is 264 g/mol. The van der Waals surface area contributed by atoms with Gasteiger partial charge in [0.15, 0.2) is 0 Å². The molecule has 1 fully saturated rings. The van der Waals surface area contributed by atoms with E-state index >= 15 is 0 Å². The summed E-state index contributed by atoms with van der Waals surface area (Å²) >= 11 is 0. The van der Waals surface area contributed by atoms with Gasteiger partial charge in [-0.05, 0) is 25.2 Å². The SMILES string of the molecule is C=C(CCC=O)[C@H]1C(=O)CC[C@@H]1CCCCCCC. The fourth-order valence-electron chi connectivity index (χ4n) is 3.19. The van der Waals surface area contributed by atoms with Crippen molar-refractivity contribution in [3.05, 3.63) is 12.2 Å². The van der Waals surface area contributed by atoms with Gasteiger partial charge >= 0.3 is 0 Å². The highest BCUT2D eigenvalue weighted by molar-refractivity contribution is 5.86. The number of aldehydes is 1. The first kappa shape index (κ1) is 16.1. The molecule has 1 rings (SSSR count). The van der Waals surface area contributed by atoms with Crippen LogP contribution in [0.25, 0.3) is 0 Å². The van der Waals surface area contributed by atoms with Crippen LogP contribution in [0, 0.1) is 11.8 Å². The third-order valence-corrected chi connectivity index (χ3v) is 4.28. The van der Waals surface area contributed by atoms with Crippen molar-refractivity contribution in [1.82, 2.24) is 0 Å². The number of ketones is 1. The van der Waals surface area contributed by atoms with E-state index in [1.165, 1.54) is 32.1 Å². The van der Waals surface area contributed by atoms with E-state index in [2.05, 4.69) is 13.5 Å². The predicted octanol–water partition coefficient (Wildman–Crippen LogP) is 4.48. The molecule has 108 valence electrons. The van der Waals surface area contributed by atoms with Crippen molar-refractivity contribution in [2.24, 2.45) is 11.8 Å². The lowest BCUT2D eigenvalue weighted by molar-refractivity contribution is -0.120. The maximum atomic E-state index is 12.0. The number of unbranched alkanes of at least 4 members (excludes halogenated alkanes) is 4. The summed E-state index contributed by atoms with van der Waals surface area (Å²) in [7, 11) is 0. The lowest BCUT2D eigenvalue weighted by atomic mass is 9.83. The van der Waals surface area contributed by atoms with Crippen molar-refractivity contribution in [2.45, 2.75) is 71.1 Å². The van der Waals surface area contributed by atoms with Crippen LogP contribution in [-0.4, -0.2) is 12.1 Å². The second-order valence-corrected chi connectivity index (χ2v) is 5.81.